The number of aromatic nitrogens is 2. The number of anilines is 1. The van der Waals surface area contributed by atoms with Crippen LogP contribution in [-0.4, -0.2) is 70.1 Å². The lowest BCUT2D eigenvalue weighted by Crippen LogP contribution is -2.62. The Bertz CT molecular complexity index is 984. The van der Waals surface area contributed by atoms with Gasteiger partial charge in [-0.25, -0.2) is 14.8 Å². The molecule has 0 radical (unpaired) electrons. The highest BCUT2D eigenvalue weighted by Gasteiger charge is 2.36. The molecule has 2 fully saturated rings. The minimum atomic E-state index is -4.52. The molecule has 1 aromatic heterocycles. The van der Waals surface area contributed by atoms with Crippen LogP contribution in [0.25, 0.3) is 0 Å². The number of likely N-dealkylation sites (tertiary alicyclic amines) is 1. The summed E-state index contributed by atoms with van der Waals surface area (Å²) in [6, 6.07) is 7.62. The van der Waals surface area contributed by atoms with Gasteiger partial charge in [-0.05, 0) is 44.4 Å². The van der Waals surface area contributed by atoms with Gasteiger partial charge in [0.25, 0.3) is 0 Å². The molecule has 2 amide bonds. The van der Waals surface area contributed by atoms with Crippen molar-refractivity contribution in [1.82, 2.24) is 25.1 Å². The highest BCUT2D eigenvalue weighted by atomic mass is 35.5. The molecule has 1 N–H and O–H groups in total. The SMILES string of the molecule is C[C@@H]1CN(c2cnc(C(F)(F)F)cn2)C[C@H](C)N1C(=O)NC1CCN(Cc2ccc(Cl)cc2)CC1. The number of rotatable bonds is 4. The highest BCUT2D eigenvalue weighted by molar-refractivity contribution is 6.30. The predicted octanol–water partition coefficient (Wildman–Crippen LogP) is 4.42. The van der Waals surface area contributed by atoms with Crippen molar-refractivity contribution < 1.29 is 18.0 Å². The number of urea groups is 1. The van der Waals surface area contributed by atoms with Crippen LogP contribution in [-0.2, 0) is 12.7 Å². The van der Waals surface area contributed by atoms with E-state index < -0.39 is 11.9 Å². The van der Waals surface area contributed by atoms with Crippen LogP contribution in [0.1, 0.15) is 37.9 Å². The molecule has 2 aliphatic heterocycles. The monoisotopic (exact) mass is 510 g/mol. The van der Waals surface area contributed by atoms with Gasteiger partial charge in [0.05, 0.1) is 12.4 Å². The minimum absolute atomic E-state index is 0.0979. The molecule has 3 heterocycles. The van der Waals surface area contributed by atoms with E-state index in [4.69, 9.17) is 11.6 Å². The van der Waals surface area contributed by atoms with Gasteiger partial charge in [-0.1, -0.05) is 23.7 Å². The second-order valence-electron chi connectivity index (χ2n) is 9.39. The second-order valence-corrected chi connectivity index (χ2v) is 9.83. The second kappa shape index (κ2) is 10.6. The molecule has 0 spiro atoms. The third kappa shape index (κ3) is 6.35. The van der Waals surface area contributed by atoms with Crippen molar-refractivity contribution in [2.45, 2.75) is 57.5 Å². The third-order valence-corrected chi connectivity index (χ3v) is 6.89. The third-order valence-electron chi connectivity index (χ3n) is 6.64. The van der Waals surface area contributed by atoms with Gasteiger partial charge in [0.15, 0.2) is 5.69 Å². The van der Waals surface area contributed by atoms with Crippen LogP contribution in [0, 0.1) is 0 Å². The zero-order valence-electron chi connectivity index (χ0n) is 19.8. The maximum absolute atomic E-state index is 13.1. The predicted molar refractivity (Wildman–Crippen MR) is 128 cm³/mol. The number of carbonyl (C=O) groups excluding carboxylic acids is 1. The molecule has 2 aromatic rings. The Labute approximate surface area is 208 Å². The highest BCUT2D eigenvalue weighted by Crippen LogP contribution is 2.28. The van der Waals surface area contributed by atoms with Crippen molar-refractivity contribution >= 4 is 23.4 Å². The van der Waals surface area contributed by atoms with Gasteiger partial charge in [-0.2, -0.15) is 13.2 Å². The number of nitrogens with one attached hydrogen (secondary N) is 1. The molecule has 0 bridgehead atoms. The molecule has 4 rings (SSSR count). The summed E-state index contributed by atoms with van der Waals surface area (Å²) in [7, 11) is 0. The molecule has 0 aliphatic carbocycles. The summed E-state index contributed by atoms with van der Waals surface area (Å²) in [6.45, 7) is 7.48. The van der Waals surface area contributed by atoms with E-state index >= 15 is 0 Å². The number of benzene rings is 1. The fourth-order valence-electron chi connectivity index (χ4n) is 4.87. The number of nitrogens with zero attached hydrogens (tertiary/aromatic N) is 5. The van der Waals surface area contributed by atoms with Gasteiger partial charge in [0.1, 0.15) is 5.82 Å². The van der Waals surface area contributed by atoms with Gasteiger partial charge in [-0.15, -0.1) is 0 Å². The van der Waals surface area contributed by atoms with E-state index in [0.717, 1.165) is 49.9 Å². The van der Waals surface area contributed by atoms with Crippen LogP contribution in [0.15, 0.2) is 36.7 Å². The molecule has 2 aliphatic rings. The molecule has 190 valence electrons. The largest absolute Gasteiger partial charge is 0.434 e. The molecule has 1 aromatic carbocycles. The fourth-order valence-corrected chi connectivity index (χ4v) is 5.00. The lowest BCUT2D eigenvalue weighted by molar-refractivity contribution is -0.141. The minimum Gasteiger partial charge on any atom is -0.351 e. The molecule has 0 saturated carbocycles. The summed E-state index contributed by atoms with van der Waals surface area (Å²) in [5.74, 6) is 0.379. The van der Waals surface area contributed by atoms with Crippen molar-refractivity contribution in [3.8, 4) is 0 Å². The Morgan fingerprint density at radius 3 is 2.23 bits per heavy atom. The maximum atomic E-state index is 13.1. The zero-order chi connectivity index (χ0) is 25.2. The number of hydrogen-bond donors (Lipinski definition) is 1. The van der Waals surface area contributed by atoms with Gasteiger partial charge in [-0.3, -0.25) is 4.90 Å². The average molecular weight is 511 g/mol. The number of piperidine rings is 1. The van der Waals surface area contributed by atoms with Crippen molar-refractivity contribution in [3.05, 3.63) is 52.9 Å². The topological polar surface area (TPSA) is 64.6 Å². The van der Waals surface area contributed by atoms with E-state index in [0.29, 0.717) is 18.9 Å². The smallest absolute Gasteiger partial charge is 0.351 e. The van der Waals surface area contributed by atoms with Crippen LogP contribution in [0.3, 0.4) is 0 Å². The van der Waals surface area contributed by atoms with Gasteiger partial charge >= 0.3 is 12.2 Å². The van der Waals surface area contributed by atoms with Crippen LogP contribution in [0.4, 0.5) is 23.8 Å². The van der Waals surface area contributed by atoms with E-state index in [1.807, 2.05) is 47.9 Å². The Morgan fingerprint density at radius 1 is 1.06 bits per heavy atom. The molecule has 11 heteroatoms. The maximum Gasteiger partial charge on any atom is 0.434 e. The lowest BCUT2D eigenvalue weighted by Gasteiger charge is -2.45. The molecule has 35 heavy (non-hydrogen) atoms. The Balaban J connectivity index is 1.27. The molecule has 2 atom stereocenters. The van der Waals surface area contributed by atoms with Gasteiger partial charge in [0.2, 0.25) is 0 Å². The quantitative estimate of drug-likeness (QED) is 0.659. The van der Waals surface area contributed by atoms with Crippen molar-refractivity contribution in [1.29, 1.82) is 0 Å². The fraction of sp³-hybridized carbons (Fsp3) is 0.542. The lowest BCUT2D eigenvalue weighted by atomic mass is 10.0. The van der Waals surface area contributed by atoms with Crippen LogP contribution < -0.4 is 10.2 Å². The summed E-state index contributed by atoms with van der Waals surface area (Å²) in [4.78, 5) is 26.7. The number of alkyl halides is 3. The molecular formula is C24H30ClF3N6O. The zero-order valence-corrected chi connectivity index (χ0v) is 20.6. The summed E-state index contributed by atoms with van der Waals surface area (Å²) in [5, 5.41) is 3.92. The Morgan fingerprint density at radius 2 is 1.69 bits per heavy atom. The van der Waals surface area contributed by atoms with E-state index in [-0.39, 0.29) is 24.2 Å². The Hall–Kier alpha value is -2.59. The van der Waals surface area contributed by atoms with Crippen molar-refractivity contribution in [2.24, 2.45) is 0 Å². The van der Waals surface area contributed by atoms with E-state index in [2.05, 4.69) is 20.2 Å². The summed E-state index contributed by atoms with van der Waals surface area (Å²) in [5.41, 5.74) is 0.203. The average Bonchev–Trinajstić information content (AvgIpc) is 2.81. The number of piperazine rings is 1. The van der Waals surface area contributed by atoms with Crippen molar-refractivity contribution in [3.63, 3.8) is 0 Å². The van der Waals surface area contributed by atoms with E-state index in [9.17, 15) is 18.0 Å². The first kappa shape index (κ1) is 25.5. The van der Waals surface area contributed by atoms with E-state index in [1.54, 1.807) is 0 Å². The summed E-state index contributed by atoms with van der Waals surface area (Å²) >= 11 is 5.96. The number of carbonyl (C=O) groups is 1. The number of halogens is 4. The number of amides is 2. The van der Waals surface area contributed by atoms with Crippen LogP contribution in [0.5, 0.6) is 0 Å². The van der Waals surface area contributed by atoms with Crippen LogP contribution >= 0.6 is 11.6 Å². The molecule has 7 nitrogen and oxygen atoms in total. The van der Waals surface area contributed by atoms with Crippen LogP contribution in [0.2, 0.25) is 5.02 Å². The summed E-state index contributed by atoms with van der Waals surface area (Å²) < 4.78 is 38.3. The number of hydrogen-bond acceptors (Lipinski definition) is 5. The first-order valence-corrected chi connectivity index (χ1v) is 12.2. The first-order valence-electron chi connectivity index (χ1n) is 11.8. The standard InChI is InChI=1S/C24H30ClF3N6O/c1-16-13-33(22-12-29-21(11-30-22)24(26,27)28)14-17(2)34(16)23(35)31-20-7-9-32(10-8-20)15-18-3-5-19(25)6-4-18/h3-6,11-12,16-17,20H,7-10,13-15H2,1-2H3,(H,31,35)/t16-,17+. The summed E-state index contributed by atoms with van der Waals surface area (Å²) in [6.07, 6.45) is -0.861. The first-order chi connectivity index (χ1) is 16.6. The van der Waals surface area contributed by atoms with Crippen molar-refractivity contribution in [2.75, 3.05) is 31.1 Å². The van der Waals surface area contributed by atoms with Gasteiger partial charge < -0.3 is 15.1 Å². The molecule has 2 saturated heterocycles. The van der Waals surface area contributed by atoms with Gasteiger partial charge in [0, 0.05) is 55.9 Å². The molecular weight excluding hydrogens is 481 g/mol. The molecule has 0 unspecified atom stereocenters. The normalized spacial score (nSPS) is 22.3. The Kier molecular flexibility index (Phi) is 7.70. The van der Waals surface area contributed by atoms with E-state index in [1.165, 1.54) is 5.56 Å².